The molecule has 1 saturated heterocycles. The molecule has 0 bridgehead atoms. The topological polar surface area (TPSA) is 86.0 Å². The summed E-state index contributed by atoms with van der Waals surface area (Å²) in [5, 5.41) is 8.20. The highest BCUT2D eigenvalue weighted by Crippen LogP contribution is 2.21. The average molecular weight is 314 g/mol. The number of rotatable bonds is 5. The van der Waals surface area contributed by atoms with Crippen molar-refractivity contribution in [1.82, 2.24) is 29.8 Å². The van der Waals surface area contributed by atoms with Crippen molar-refractivity contribution in [2.45, 2.75) is 25.9 Å². The van der Waals surface area contributed by atoms with E-state index < -0.39 is 0 Å². The first-order valence-electron chi connectivity index (χ1n) is 7.77. The van der Waals surface area contributed by atoms with Crippen LogP contribution in [0.5, 0.6) is 0 Å². The normalized spacial score (nSPS) is 19.2. The van der Waals surface area contributed by atoms with Crippen LogP contribution in [0.25, 0.3) is 11.4 Å². The van der Waals surface area contributed by atoms with Crippen LogP contribution in [0.4, 0.5) is 0 Å². The van der Waals surface area contributed by atoms with E-state index in [1.807, 2.05) is 10.7 Å². The summed E-state index contributed by atoms with van der Waals surface area (Å²) in [6.45, 7) is 3.64. The smallest absolute Gasteiger partial charge is 0.241 e. The van der Waals surface area contributed by atoms with Gasteiger partial charge in [-0.3, -0.25) is 9.58 Å². The van der Waals surface area contributed by atoms with Crippen LogP contribution in [0.2, 0.25) is 0 Å². The first kappa shape index (κ1) is 14.1. The van der Waals surface area contributed by atoms with Crippen molar-refractivity contribution < 1.29 is 8.94 Å². The summed E-state index contributed by atoms with van der Waals surface area (Å²) in [4.78, 5) is 10.8. The lowest BCUT2D eigenvalue weighted by Crippen LogP contribution is -2.36. The van der Waals surface area contributed by atoms with Crippen LogP contribution in [0, 0.1) is 5.92 Å². The van der Waals surface area contributed by atoms with E-state index in [1.165, 1.54) is 12.8 Å². The van der Waals surface area contributed by atoms with E-state index in [2.05, 4.69) is 25.1 Å². The molecule has 1 aliphatic rings. The molecular weight excluding hydrogens is 296 g/mol. The lowest BCUT2D eigenvalue weighted by atomic mass is 9.98. The summed E-state index contributed by atoms with van der Waals surface area (Å²) in [6, 6.07) is 1.82. The van der Waals surface area contributed by atoms with Crippen molar-refractivity contribution in [2.24, 2.45) is 5.92 Å². The Labute approximate surface area is 133 Å². The third-order valence-electron chi connectivity index (χ3n) is 4.12. The molecule has 23 heavy (non-hydrogen) atoms. The maximum absolute atomic E-state index is 5.36. The van der Waals surface area contributed by atoms with Gasteiger partial charge in [-0.15, -0.1) is 0 Å². The minimum Gasteiger partial charge on any atom is -0.472 e. The Morgan fingerprint density at radius 2 is 2.35 bits per heavy atom. The molecule has 0 unspecified atom stereocenters. The summed E-state index contributed by atoms with van der Waals surface area (Å²) in [5.74, 6) is 1.79. The summed E-state index contributed by atoms with van der Waals surface area (Å²) >= 11 is 0. The second-order valence-corrected chi connectivity index (χ2v) is 5.88. The maximum atomic E-state index is 5.36. The van der Waals surface area contributed by atoms with E-state index in [4.69, 9.17) is 8.94 Å². The Morgan fingerprint density at radius 1 is 1.35 bits per heavy atom. The quantitative estimate of drug-likeness (QED) is 0.710. The Bertz CT molecular complexity index is 721. The SMILES string of the molecule is c1ncn(C[C@H]2CCCN(Cc3nc(-c4ccoc4)no3)C2)n1. The van der Waals surface area contributed by atoms with Crippen molar-refractivity contribution in [3.8, 4) is 11.4 Å². The summed E-state index contributed by atoms with van der Waals surface area (Å²) in [6.07, 6.45) is 8.95. The molecule has 0 aromatic carbocycles. The van der Waals surface area contributed by atoms with Crippen LogP contribution in [0.15, 0.2) is 40.2 Å². The fourth-order valence-corrected chi connectivity index (χ4v) is 3.05. The minimum atomic E-state index is 0.571. The highest BCUT2D eigenvalue weighted by Gasteiger charge is 2.22. The zero-order valence-corrected chi connectivity index (χ0v) is 12.7. The zero-order chi connectivity index (χ0) is 15.5. The summed E-state index contributed by atoms with van der Waals surface area (Å²) in [5.41, 5.74) is 0.836. The van der Waals surface area contributed by atoms with Crippen LogP contribution in [-0.2, 0) is 13.1 Å². The van der Waals surface area contributed by atoms with Gasteiger partial charge in [-0.2, -0.15) is 10.1 Å². The van der Waals surface area contributed by atoms with Crippen molar-refractivity contribution >= 4 is 0 Å². The molecule has 1 fully saturated rings. The molecule has 0 amide bonds. The molecule has 4 rings (SSSR count). The molecule has 3 aromatic rings. The third-order valence-corrected chi connectivity index (χ3v) is 4.12. The summed E-state index contributed by atoms with van der Waals surface area (Å²) < 4.78 is 12.3. The Morgan fingerprint density at radius 3 is 3.17 bits per heavy atom. The molecule has 120 valence electrons. The maximum Gasteiger partial charge on any atom is 0.241 e. The Hall–Kier alpha value is -2.48. The molecule has 8 heteroatoms. The van der Waals surface area contributed by atoms with E-state index in [1.54, 1.807) is 25.2 Å². The van der Waals surface area contributed by atoms with Crippen molar-refractivity contribution in [2.75, 3.05) is 13.1 Å². The van der Waals surface area contributed by atoms with Gasteiger partial charge in [0, 0.05) is 13.1 Å². The average Bonchev–Trinajstić information content (AvgIpc) is 3.30. The first-order valence-corrected chi connectivity index (χ1v) is 7.77. The van der Waals surface area contributed by atoms with Gasteiger partial charge in [-0.05, 0) is 31.4 Å². The van der Waals surface area contributed by atoms with Crippen LogP contribution in [0.3, 0.4) is 0 Å². The second-order valence-electron chi connectivity index (χ2n) is 5.88. The van der Waals surface area contributed by atoms with Gasteiger partial charge in [-0.25, -0.2) is 4.98 Å². The molecular formula is C15H18N6O2. The van der Waals surface area contributed by atoms with Crippen LogP contribution in [-0.4, -0.2) is 42.9 Å². The molecule has 0 radical (unpaired) electrons. The van der Waals surface area contributed by atoms with Gasteiger partial charge in [0.15, 0.2) is 0 Å². The molecule has 3 aromatic heterocycles. The van der Waals surface area contributed by atoms with E-state index in [9.17, 15) is 0 Å². The molecule has 0 aliphatic carbocycles. The van der Waals surface area contributed by atoms with Gasteiger partial charge in [0.1, 0.15) is 18.9 Å². The van der Waals surface area contributed by atoms with E-state index in [0.717, 1.165) is 25.2 Å². The number of hydrogen-bond acceptors (Lipinski definition) is 7. The number of aromatic nitrogens is 5. The lowest BCUT2D eigenvalue weighted by molar-refractivity contribution is 0.138. The van der Waals surface area contributed by atoms with Gasteiger partial charge >= 0.3 is 0 Å². The van der Waals surface area contributed by atoms with Crippen LogP contribution in [0.1, 0.15) is 18.7 Å². The third kappa shape index (κ3) is 3.31. The monoisotopic (exact) mass is 314 g/mol. The Kier molecular flexibility index (Phi) is 3.89. The van der Waals surface area contributed by atoms with E-state index in [-0.39, 0.29) is 0 Å². The number of nitrogens with zero attached hydrogens (tertiary/aromatic N) is 6. The highest BCUT2D eigenvalue weighted by molar-refractivity contribution is 5.51. The fraction of sp³-hybridized carbons (Fsp3) is 0.467. The molecule has 1 atom stereocenters. The van der Waals surface area contributed by atoms with E-state index in [0.29, 0.717) is 24.2 Å². The first-order chi connectivity index (χ1) is 11.4. The van der Waals surface area contributed by atoms with Crippen LogP contribution < -0.4 is 0 Å². The minimum absolute atomic E-state index is 0.571. The fourth-order valence-electron chi connectivity index (χ4n) is 3.05. The molecule has 4 heterocycles. The molecule has 1 aliphatic heterocycles. The predicted octanol–water partition coefficient (Wildman–Crippen LogP) is 1.83. The largest absolute Gasteiger partial charge is 0.472 e. The number of likely N-dealkylation sites (tertiary alicyclic amines) is 1. The second kappa shape index (κ2) is 6.33. The van der Waals surface area contributed by atoms with Crippen molar-refractivity contribution in [3.05, 3.63) is 37.1 Å². The van der Waals surface area contributed by atoms with Crippen molar-refractivity contribution in [3.63, 3.8) is 0 Å². The van der Waals surface area contributed by atoms with Gasteiger partial charge in [0.25, 0.3) is 0 Å². The molecule has 8 nitrogen and oxygen atoms in total. The van der Waals surface area contributed by atoms with Crippen molar-refractivity contribution in [1.29, 1.82) is 0 Å². The van der Waals surface area contributed by atoms with E-state index >= 15 is 0 Å². The van der Waals surface area contributed by atoms with Gasteiger partial charge in [-0.1, -0.05) is 5.16 Å². The van der Waals surface area contributed by atoms with Gasteiger partial charge in [0.2, 0.25) is 11.7 Å². The number of hydrogen-bond donors (Lipinski definition) is 0. The lowest BCUT2D eigenvalue weighted by Gasteiger charge is -2.31. The summed E-state index contributed by atoms with van der Waals surface area (Å²) in [7, 11) is 0. The standard InChI is InChI=1S/C15H18N6O2/c1-2-12(7-21-11-16-10-17-21)6-20(4-1)8-14-18-15(19-23-14)13-3-5-22-9-13/h3,5,9-12H,1-2,4,6-8H2/t12-/m0/s1. The molecule has 0 N–H and O–H groups in total. The number of furan rings is 1. The zero-order valence-electron chi connectivity index (χ0n) is 12.7. The van der Waals surface area contributed by atoms with Gasteiger partial charge < -0.3 is 8.94 Å². The Balaban J connectivity index is 1.37. The number of piperidine rings is 1. The molecule has 0 saturated carbocycles. The van der Waals surface area contributed by atoms with Crippen LogP contribution >= 0.6 is 0 Å². The highest BCUT2D eigenvalue weighted by atomic mass is 16.5. The molecule has 0 spiro atoms. The predicted molar refractivity (Wildman–Crippen MR) is 80.0 cm³/mol. The van der Waals surface area contributed by atoms with Gasteiger partial charge in [0.05, 0.1) is 18.4 Å².